The van der Waals surface area contributed by atoms with E-state index >= 15 is 0 Å². The molecule has 2 aromatic heterocycles. The van der Waals surface area contributed by atoms with Gasteiger partial charge in [-0.15, -0.1) is 0 Å². The lowest BCUT2D eigenvalue weighted by Gasteiger charge is -2.36. The van der Waals surface area contributed by atoms with Gasteiger partial charge in [-0.25, -0.2) is 4.68 Å². The molecule has 1 N–H and O–H groups in total. The Labute approximate surface area is 170 Å². The summed E-state index contributed by atoms with van der Waals surface area (Å²) in [5.41, 5.74) is 3.32. The van der Waals surface area contributed by atoms with Gasteiger partial charge in [-0.3, -0.25) is 9.48 Å². The summed E-state index contributed by atoms with van der Waals surface area (Å²) in [5, 5.41) is 12.0. The molecule has 1 atom stereocenters. The van der Waals surface area contributed by atoms with Gasteiger partial charge in [0.25, 0.3) is 0 Å². The summed E-state index contributed by atoms with van der Waals surface area (Å²) in [6.45, 7) is 5.06. The van der Waals surface area contributed by atoms with Gasteiger partial charge < -0.3 is 10.1 Å². The lowest BCUT2D eigenvalue weighted by Crippen LogP contribution is -2.37. The van der Waals surface area contributed by atoms with Gasteiger partial charge in [-0.2, -0.15) is 10.2 Å². The van der Waals surface area contributed by atoms with E-state index in [0.29, 0.717) is 13.0 Å². The molecule has 2 heterocycles. The summed E-state index contributed by atoms with van der Waals surface area (Å²) in [4.78, 5) is 12.6. The predicted molar refractivity (Wildman–Crippen MR) is 110 cm³/mol. The summed E-state index contributed by atoms with van der Waals surface area (Å²) in [6, 6.07) is 9.71. The van der Waals surface area contributed by atoms with Crippen molar-refractivity contribution in [3.63, 3.8) is 0 Å². The van der Waals surface area contributed by atoms with Gasteiger partial charge in [0.15, 0.2) is 0 Å². The first-order chi connectivity index (χ1) is 13.9. The van der Waals surface area contributed by atoms with Crippen LogP contribution >= 0.6 is 0 Å². The summed E-state index contributed by atoms with van der Waals surface area (Å²) < 4.78 is 9.02. The molecular formula is C22H27N5O2. The van der Waals surface area contributed by atoms with E-state index in [0.717, 1.165) is 35.5 Å². The van der Waals surface area contributed by atoms with Gasteiger partial charge in [0.2, 0.25) is 5.91 Å². The molecule has 0 spiro atoms. The molecular weight excluding hydrogens is 366 g/mol. The average Bonchev–Trinajstić information content (AvgIpc) is 3.35. The van der Waals surface area contributed by atoms with Crippen LogP contribution in [0.5, 0.6) is 5.75 Å². The maximum absolute atomic E-state index is 12.6. The van der Waals surface area contributed by atoms with E-state index in [1.807, 2.05) is 47.4 Å². The SMILES string of the molecule is COc1ccc(-n2ncc3c2CC(C)(C)C[C@@H]3NC(=O)CCn2cccn2)cc1. The molecule has 0 saturated heterocycles. The highest BCUT2D eigenvalue weighted by Gasteiger charge is 2.35. The molecule has 1 amide bonds. The third-order valence-corrected chi connectivity index (χ3v) is 5.46. The Bertz CT molecular complexity index is 973. The predicted octanol–water partition coefficient (Wildman–Crippen LogP) is 3.30. The van der Waals surface area contributed by atoms with E-state index in [9.17, 15) is 4.79 Å². The number of hydrogen-bond acceptors (Lipinski definition) is 4. The molecule has 1 aromatic carbocycles. The van der Waals surface area contributed by atoms with Crippen molar-refractivity contribution in [2.75, 3.05) is 7.11 Å². The fourth-order valence-corrected chi connectivity index (χ4v) is 4.03. The molecule has 3 aromatic rings. The lowest BCUT2D eigenvalue weighted by atomic mass is 9.74. The molecule has 0 saturated carbocycles. The molecule has 1 aliphatic rings. The average molecular weight is 393 g/mol. The lowest BCUT2D eigenvalue weighted by molar-refractivity contribution is -0.122. The Morgan fingerprint density at radius 2 is 2.07 bits per heavy atom. The Morgan fingerprint density at radius 1 is 1.28 bits per heavy atom. The van der Waals surface area contributed by atoms with Crippen LogP contribution in [0.2, 0.25) is 0 Å². The van der Waals surface area contributed by atoms with Crippen molar-refractivity contribution in [3.05, 3.63) is 60.2 Å². The second-order valence-electron chi connectivity index (χ2n) is 8.34. The highest BCUT2D eigenvalue weighted by atomic mass is 16.5. The van der Waals surface area contributed by atoms with Crippen LogP contribution in [-0.2, 0) is 17.8 Å². The number of aromatic nitrogens is 4. The molecule has 1 aliphatic carbocycles. The van der Waals surface area contributed by atoms with Crippen LogP contribution in [-0.4, -0.2) is 32.6 Å². The van der Waals surface area contributed by atoms with Crippen molar-refractivity contribution < 1.29 is 9.53 Å². The van der Waals surface area contributed by atoms with Gasteiger partial charge in [0.1, 0.15) is 5.75 Å². The Hall–Kier alpha value is -3.09. The first kappa shape index (κ1) is 19.2. The standard InChI is InChI=1S/C22H27N5O2/c1-22(2)13-19(25-21(28)9-12-26-11-4-10-23-26)18-15-24-27(20(18)14-22)16-5-7-17(29-3)8-6-16/h4-8,10-11,15,19H,9,12-14H2,1-3H3,(H,25,28)/t19-/m0/s1. The number of benzene rings is 1. The minimum absolute atomic E-state index is 0.0337. The zero-order chi connectivity index (χ0) is 20.4. The number of carbonyl (C=O) groups excluding carboxylic acids is 1. The zero-order valence-electron chi connectivity index (χ0n) is 17.1. The van der Waals surface area contributed by atoms with Crippen LogP contribution < -0.4 is 10.1 Å². The first-order valence-electron chi connectivity index (χ1n) is 9.93. The first-order valence-corrected chi connectivity index (χ1v) is 9.93. The normalized spacial score (nSPS) is 17.6. The molecule has 7 nitrogen and oxygen atoms in total. The van der Waals surface area contributed by atoms with Crippen LogP contribution in [0.3, 0.4) is 0 Å². The maximum atomic E-state index is 12.6. The fraction of sp³-hybridized carbons (Fsp3) is 0.409. The summed E-state index contributed by atoms with van der Waals surface area (Å²) >= 11 is 0. The topological polar surface area (TPSA) is 74.0 Å². The van der Waals surface area contributed by atoms with E-state index in [1.54, 1.807) is 18.0 Å². The number of ether oxygens (including phenoxy) is 1. The molecule has 0 unspecified atom stereocenters. The molecule has 0 bridgehead atoms. The van der Waals surface area contributed by atoms with Crippen molar-refractivity contribution in [2.24, 2.45) is 5.41 Å². The highest BCUT2D eigenvalue weighted by Crippen LogP contribution is 2.41. The maximum Gasteiger partial charge on any atom is 0.222 e. The number of hydrogen-bond donors (Lipinski definition) is 1. The largest absolute Gasteiger partial charge is 0.497 e. The van der Waals surface area contributed by atoms with Gasteiger partial charge in [0, 0.05) is 30.9 Å². The van der Waals surface area contributed by atoms with Crippen LogP contribution in [0, 0.1) is 5.41 Å². The van der Waals surface area contributed by atoms with Crippen molar-refractivity contribution >= 4 is 5.91 Å². The molecule has 0 fully saturated rings. The number of aryl methyl sites for hydroxylation is 1. The molecule has 0 radical (unpaired) electrons. The van der Waals surface area contributed by atoms with E-state index < -0.39 is 0 Å². The minimum Gasteiger partial charge on any atom is -0.497 e. The number of nitrogens with one attached hydrogen (secondary N) is 1. The quantitative estimate of drug-likeness (QED) is 0.697. The van der Waals surface area contributed by atoms with Crippen LogP contribution in [0.1, 0.15) is 44.0 Å². The second kappa shape index (κ2) is 7.73. The summed E-state index contributed by atoms with van der Waals surface area (Å²) in [5.74, 6) is 0.851. The van der Waals surface area contributed by atoms with Crippen LogP contribution in [0.25, 0.3) is 5.69 Å². The van der Waals surface area contributed by atoms with Gasteiger partial charge in [-0.1, -0.05) is 13.8 Å². The molecule has 0 aliphatic heterocycles. The van der Waals surface area contributed by atoms with E-state index in [4.69, 9.17) is 4.74 Å². The van der Waals surface area contributed by atoms with Crippen molar-refractivity contribution in [1.82, 2.24) is 24.9 Å². The smallest absolute Gasteiger partial charge is 0.222 e. The minimum atomic E-state index is -0.0362. The summed E-state index contributed by atoms with van der Waals surface area (Å²) in [7, 11) is 1.66. The van der Waals surface area contributed by atoms with Gasteiger partial charge in [0.05, 0.1) is 30.7 Å². The molecule has 4 rings (SSSR count). The number of rotatable bonds is 6. The van der Waals surface area contributed by atoms with E-state index in [-0.39, 0.29) is 17.4 Å². The number of fused-ring (bicyclic) bond motifs is 1. The van der Waals surface area contributed by atoms with Gasteiger partial charge in [-0.05, 0) is 48.6 Å². The fourth-order valence-electron chi connectivity index (χ4n) is 4.03. The monoisotopic (exact) mass is 393 g/mol. The van der Waals surface area contributed by atoms with E-state index in [1.165, 1.54) is 0 Å². The molecule has 29 heavy (non-hydrogen) atoms. The number of nitrogens with zero attached hydrogens (tertiary/aromatic N) is 4. The van der Waals surface area contributed by atoms with Crippen LogP contribution in [0.4, 0.5) is 0 Å². The number of methoxy groups -OCH3 is 1. The van der Waals surface area contributed by atoms with Crippen molar-refractivity contribution in [2.45, 2.75) is 45.7 Å². The van der Waals surface area contributed by atoms with E-state index in [2.05, 4.69) is 29.4 Å². The molecule has 152 valence electrons. The van der Waals surface area contributed by atoms with Crippen LogP contribution in [0.15, 0.2) is 48.9 Å². The van der Waals surface area contributed by atoms with Crippen molar-refractivity contribution in [1.29, 1.82) is 0 Å². The zero-order valence-corrected chi connectivity index (χ0v) is 17.1. The van der Waals surface area contributed by atoms with Gasteiger partial charge >= 0.3 is 0 Å². The van der Waals surface area contributed by atoms with Crippen molar-refractivity contribution in [3.8, 4) is 11.4 Å². The highest BCUT2D eigenvalue weighted by molar-refractivity contribution is 5.76. The Kier molecular flexibility index (Phi) is 5.13. The summed E-state index contributed by atoms with van der Waals surface area (Å²) in [6.07, 6.45) is 7.69. The number of amides is 1. The Morgan fingerprint density at radius 3 is 2.76 bits per heavy atom. The Balaban J connectivity index is 1.54. The third kappa shape index (κ3) is 4.18. The number of carbonyl (C=O) groups is 1. The molecule has 7 heteroatoms. The third-order valence-electron chi connectivity index (χ3n) is 5.46. The second-order valence-corrected chi connectivity index (χ2v) is 8.34.